The molecule has 0 aliphatic rings. The highest BCUT2D eigenvalue weighted by Gasteiger charge is 2.20. The van der Waals surface area contributed by atoms with E-state index in [-0.39, 0.29) is 22.3 Å². The number of hydrogen-bond acceptors (Lipinski definition) is 5. The third-order valence-corrected chi connectivity index (χ3v) is 6.58. The van der Waals surface area contributed by atoms with Crippen LogP contribution in [0.3, 0.4) is 0 Å². The van der Waals surface area contributed by atoms with Crippen molar-refractivity contribution in [1.29, 1.82) is 5.26 Å². The summed E-state index contributed by atoms with van der Waals surface area (Å²) in [5.74, 6) is -0.866. The van der Waals surface area contributed by atoms with Gasteiger partial charge < -0.3 is 0 Å². The van der Waals surface area contributed by atoms with Crippen LogP contribution in [0, 0.1) is 17.2 Å². The van der Waals surface area contributed by atoms with Gasteiger partial charge >= 0.3 is 0 Å². The zero-order valence-electron chi connectivity index (χ0n) is 11.4. The lowest BCUT2D eigenvalue weighted by atomic mass is 10.2. The molecule has 5 nitrogen and oxygen atoms in total. The third kappa shape index (κ3) is 4.94. The maximum atomic E-state index is 12.0. The van der Waals surface area contributed by atoms with E-state index in [9.17, 15) is 16.8 Å². The summed E-state index contributed by atoms with van der Waals surface area (Å²) in [4.78, 5) is 0.0382. The fourth-order valence-corrected chi connectivity index (χ4v) is 5.54. The zero-order valence-corrected chi connectivity index (χ0v) is 13.0. The van der Waals surface area contributed by atoms with Crippen molar-refractivity contribution < 1.29 is 16.8 Å². The SMILES string of the molecule is CC(C)CS(=O)(=O)CCS(=O)(=O)c1ccc(C#N)cc1. The summed E-state index contributed by atoms with van der Waals surface area (Å²) in [5.41, 5.74) is 0.358. The lowest BCUT2D eigenvalue weighted by Crippen LogP contribution is -2.21. The van der Waals surface area contributed by atoms with Crippen LogP contribution in [0.1, 0.15) is 19.4 Å². The van der Waals surface area contributed by atoms with Gasteiger partial charge in [-0.15, -0.1) is 0 Å². The van der Waals surface area contributed by atoms with Crippen LogP contribution in [-0.4, -0.2) is 34.1 Å². The average molecular weight is 315 g/mol. The summed E-state index contributed by atoms with van der Waals surface area (Å²) in [6.07, 6.45) is 0. The van der Waals surface area contributed by atoms with Crippen molar-refractivity contribution in [2.75, 3.05) is 17.3 Å². The molecule has 0 unspecified atom stereocenters. The molecule has 0 bridgehead atoms. The molecule has 0 saturated heterocycles. The van der Waals surface area contributed by atoms with Crippen LogP contribution in [0.5, 0.6) is 0 Å². The Hall–Kier alpha value is -1.39. The second-order valence-electron chi connectivity index (χ2n) is 4.96. The molecule has 0 radical (unpaired) electrons. The molecule has 0 saturated carbocycles. The molecule has 0 atom stereocenters. The van der Waals surface area contributed by atoms with Crippen molar-refractivity contribution >= 4 is 19.7 Å². The van der Waals surface area contributed by atoms with Crippen LogP contribution < -0.4 is 0 Å². The highest BCUT2D eigenvalue weighted by Crippen LogP contribution is 2.13. The van der Waals surface area contributed by atoms with Gasteiger partial charge in [0.2, 0.25) is 0 Å². The molecule has 0 aliphatic carbocycles. The van der Waals surface area contributed by atoms with E-state index in [1.54, 1.807) is 13.8 Å². The summed E-state index contributed by atoms with van der Waals surface area (Å²) in [6, 6.07) is 7.33. The topological polar surface area (TPSA) is 92.1 Å². The quantitative estimate of drug-likeness (QED) is 0.791. The molecule has 1 aromatic rings. The number of benzene rings is 1. The van der Waals surface area contributed by atoms with Gasteiger partial charge in [0.1, 0.15) is 0 Å². The highest BCUT2D eigenvalue weighted by molar-refractivity contribution is 7.95. The van der Waals surface area contributed by atoms with Crippen molar-refractivity contribution in [3.8, 4) is 6.07 Å². The summed E-state index contributed by atoms with van der Waals surface area (Å²) >= 11 is 0. The van der Waals surface area contributed by atoms with Gasteiger partial charge in [-0.2, -0.15) is 5.26 Å². The molecule has 110 valence electrons. The van der Waals surface area contributed by atoms with E-state index < -0.39 is 25.4 Å². The van der Waals surface area contributed by atoms with Gasteiger partial charge in [-0.25, -0.2) is 16.8 Å². The largest absolute Gasteiger partial charge is 0.229 e. The summed E-state index contributed by atoms with van der Waals surface area (Å²) in [7, 11) is -7.01. The minimum atomic E-state index is -3.64. The Bertz CT molecular complexity index is 696. The third-order valence-electron chi connectivity index (χ3n) is 2.59. The molecule has 1 rings (SSSR count). The van der Waals surface area contributed by atoms with Gasteiger partial charge in [0.15, 0.2) is 19.7 Å². The van der Waals surface area contributed by atoms with Crippen LogP contribution in [0.25, 0.3) is 0 Å². The van der Waals surface area contributed by atoms with Gasteiger partial charge in [0, 0.05) is 0 Å². The van der Waals surface area contributed by atoms with E-state index in [2.05, 4.69) is 0 Å². The fraction of sp³-hybridized carbons (Fsp3) is 0.462. The number of rotatable bonds is 6. The van der Waals surface area contributed by atoms with Crippen LogP contribution in [0.2, 0.25) is 0 Å². The maximum Gasteiger partial charge on any atom is 0.179 e. The molecule has 0 heterocycles. The van der Waals surface area contributed by atoms with Gasteiger partial charge in [0.25, 0.3) is 0 Å². The molecule has 0 aliphatic heterocycles. The maximum absolute atomic E-state index is 12.0. The van der Waals surface area contributed by atoms with Crippen molar-refractivity contribution in [3.63, 3.8) is 0 Å². The molecule has 20 heavy (non-hydrogen) atoms. The first-order valence-electron chi connectivity index (χ1n) is 6.09. The normalized spacial score (nSPS) is 12.3. The first-order valence-corrected chi connectivity index (χ1v) is 9.57. The summed E-state index contributed by atoms with van der Waals surface area (Å²) < 4.78 is 47.5. The molecule has 0 aromatic heterocycles. The molecule has 1 aromatic carbocycles. The van der Waals surface area contributed by atoms with Gasteiger partial charge in [0.05, 0.1) is 33.8 Å². The van der Waals surface area contributed by atoms with Crippen LogP contribution in [-0.2, 0) is 19.7 Å². The summed E-state index contributed by atoms with van der Waals surface area (Å²) in [6.45, 7) is 3.54. The lowest BCUT2D eigenvalue weighted by Gasteiger charge is -2.08. The molecular formula is C13H17NO4S2. The zero-order chi connectivity index (χ0) is 15.4. The average Bonchev–Trinajstić information content (AvgIpc) is 2.35. The van der Waals surface area contributed by atoms with Crippen molar-refractivity contribution in [2.45, 2.75) is 18.7 Å². The predicted molar refractivity (Wildman–Crippen MR) is 76.7 cm³/mol. The van der Waals surface area contributed by atoms with Crippen molar-refractivity contribution in [2.24, 2.45) is 5.92 Å². The summed E-state index contributed by atoms with van der Waals surface area (Å²) in [5, 5.41) is 8.65. The number of hydrogen-bond donors (Lipinski definition) is 0. The Morgan fingerprint density at radius 2 is 1.60 bits per heavy atom. The first kappa shape index (κ1) is 16.7. The lowest BCUT2D eigenvalue weighted by molar-refractivity contribution is 0.578. The predicted octanol–water partition coefficient (Wildman–Crippen LogP) is 1.40. The van der Waals surface area contributed by atoms with Crippen LogP contribution in [0.4, 0.5) is 0 Å². The Morgan fingerprint density at radius 3 is 2.05 bits per heavy atom. The Labute approximate surface area is 120 Å². The van der Waals surface area contributed by atoms with Gasteiger partial charge in [-0.3, -0.25) is 0 Å². The Balaban J connectivity index is 2.83. The second-order valence-corrected chi connectivity index (χ2v) is 9.30. The minimum Gasteiger partial charge on any atom is -0.229 e. The smallest absolute Gasteiger partial charge is 0.179 e. The standard InChI is InChI=1S/C13H17NO4S2/c1-11(2)10-19(15,16)7-8-20(17,18)13-5-3-12(9-14)4-6-13/h3-6,11H,7-8,10H2,1-2H3. The van der Waals surface area contributed by atoms with Gasteiger partial charge in [-0.1, -0.05) is 13.8 Å². The molecule has 0 amide bonds. The molecule has 0 N–H and O–H groups in total. The molecule has 0 fully saturated rings. The minimum absolute atomic E-state index is 0.0180. The van der Waals surface area contributed by atoms with Crippen LogP contribution in [0.15, 0.2) is 29.2 Å². The Kier molecular flexibility index (Phi) is 5.31. The van der Waals surface area contributed by atoms with E-state index in [0.717, 1.165) is 0 Å². The molecule has 7 heteroatoms. The number of sulfone groups is 2. The van der Waals surface area contributed by atoms with Crippen LogP contribution >= 0.6 is 0 Å². The number of nitriles is 1. The van der Waals surface area contributed by atoms with Gasteiger partial charge in [-0.05, 0) is 30.2 Å². The van der Waals surface area contributed by atoms with E-state index in [4.69, 9.17) is 5.26 Å². The monoisotopic (exact) mass is 315 g/mol. The van der Waals surface area contributed by atoms with Crippen molar-refractivity contribution in [3.05, 3.63) is 29.8 Å². The van der Waals surface area contributed by atoms with E-state index in [1.165, 1.54) is 24.3 Å². The Morgan fingerprint density at radius 1 is 1.05 bits per heavy atom. The second kappa shape index (κ2) is 6.37. The van der Waals surface area contributed by atoms with E-state index >= 15 is 0 Å². The van der Waals surface area contributed by atoms with Crippen molar-refractivity contribution in [1.82, 2.24) is 0 Å². The van der Waals surface area contributed by atoms with E-state index in [0.29, 0.717) is 5.56 Å². The van der Waals surface area contributed by atoms with E-state index in [1.807, 2.05) is 6.07 Å². The molecular weight excluding hydrogens is 298 g/mol. The first-order chi connectivity index (χ1) is 9.16. The highest BCUT2D eigenvalue weighted by atomic mass is 32.2. The molecule has 0 spiro atoms. The number of nitrogens with zero attached hydrogens (tertiary/aromatic N) is 1. The fourth-order valence-electron chi connectivity index (χ4n) is 1.68.